The molecule has 114 valence electrons. The number of hydrogen-bond donors (Lipinski definition) is 0. The Kier molecular flexibility index (Phi) is 3.69. The predicted octanol–water partition coefficient (Wildman–Crippen LogP) is 6.81. The number of fused-ring (bicyclic) bond motifs is 5. The summed E-state index contributed by atoms with van der Waals surface area (Å²) < 4.78 is 3.22. The first-order valence-corrected chi connectivity index (χ1v) is 10.5. The largest absolute Gasteiger partial charge is 0.0804 e. The Morgan fingerprint density at radius 2 is 1.81 bits per heavy atom. The first-order chi connectivity index (χ1) is 9.95. The molecule has 2 heteroatoms. The molecule has 0 aromatic carbocycles. The topological polar surface area (TPSA) is 0 Å². The summed E-state index contributed by atoms with van der Waals surface area (Å²) in [6.45, 7) is 5.12. The van der Waals surface area contributed by atoms with Crippen LogP contribution in [0.5, 0.6) is 0 Å². The van der Waals surface area contributed by atoms with Crippen molar-refractivity contribution >= 4 is 45.2 Å². The van der Waals surface area contributed by atoms with E-state index in [0.29, 0.717) is 10.8 Å². The van der Waals surface area contributed by atoms with Gasteiger partial charge in [0.1, 0.15) is 0 Å². The minimum atomic E-state index is 0.465. The zero-order valence-corrected chi connectivity index (χ0v) is 17.3. The van der Waals surface area contributed by atoms with Crippen molar-refractivity contribution in [3.8, 4) is 0 Å². The molecule has 0 aromatic heterocycles. The summed E-state index contributed by atoms with van der Waals surface area (Å²) in [4.78, 5) is 0. The Morgan fingerprint density at radius 1 is 1.00 bits per heavy atom. The van der Waals surface area contributed by atoms with E-state index in [9.17, 15) is 0 Å². The molecule has 5 atom stereocenters. The summed E-state index contributed by atoms with van der Waals surface area (Å²) in [7, 11) is 0. The van der Waals surface area contributed by atoms with Crippen LogP contribution in [0.2, 0.25) is 0 Å². The van der Waals surface area contributed by atoms with Crippen molar-refractivity contribution in [3.05, 3.63) is 31.0 Å². The van der Waals surface area contributed by atoms with Crippen LogP contribution in [-0.2, 0) is 0 Å². The molecule has 0 amide bonds. The minimum absolute atomic E-state index is 0.465. The first kappa shape index (κ1) is 15.2. The van der Waals surface area contributed by atoms with Crippen molar-refractivity contribution in [2.24, 2.45) is 28.6 Å². The van der Waals surface area contributed by atoms with Gasteiger partial charge in [-0.2, -0.15) is 0 Å². The van der Waals surface area contributed by atoms with Gasteiger partial charge in [0.15, 0.2) is 0 Å². The van der Waals surface area contributed by atoms with Gasteiger partial charge in [0.25, 0.3) is 0 Å². The van der Waals surface area contributed by atoms with Crippen molar-refractivity contribution in [3.63, 3.8) is 0 Å². The van der Waals surface area contributed by atoms with Gasteiger partial charge in [0.2, 0.25) is 0 Å². The molecule has 21 heavy (non-hydrogen) atoms. The Morgan fingerprint density at radius 3 is 2.62 bits per heavy atom. The van der Waals surface area contributed by atoms with E-state index in [1.54, 1.807) is 12.7 Å². The second-order valence-corrected chi connectivity index (χ2v) is 10.6. The van der Waals surface area contributed by atoms with Gasteiger partial charge >= 0.3 is 0 Å². The van der Waals surface area contributed by atoms with E-state index in [0.717, 1.165) is 17.8 Å². The van der Waals surface area contributed by atoms with Crippen LogP contribution in [0.1, 0.15) is 52.4 Å². The smallest absolute Gasteiger partial charge is 0.00136 e. The lowest BCUT2D eigenvalue weighted by atomic mass is 9.49. The van der Waals surface area contributed by atoms with E-state index in [1.807, 2.05) is 0 Å². The Labute approximate surface area is 156 Å². The van der Waals surface area contributed by atoms with Crippen LogP contribution in [0.4, 0.5) is 0 Å². The molecule has 0 heterocycles. The van der Waals surface area contributed by atoms with Crippen molar-refractivity contribution in [1.82, 2.24) is 0 Å². The Balaban J connectivity index is 1.72. The van der Waals surface area contributed by atoms with Gasteiger partial charge in [-0.15, -0.1) is 0 Å². The lowest BCUT2D eigenvalue weighted by Crippen LogP contribution is -2.48. The molecule has 0 nitrogen and oxygen atoms in total. The third kappa shape index (κ3) is 2.10. The van der Waals surface area contributed by atoms with Crippen molar-refractivity contribution in [2.75, 3.05) is 0 Å². The summed E-state index contributed by atoms with van der Waals surface area (Å²) in [5.41, 5.74) is 2.64. The van der Waals surface area contributed by atoms with Crippen LogP contribution in [0.3, 0.4) is 0 Å². The number of hydrogen-bond acceptors (Lipinski definition) is 0. The molecule has 0 bridgehead atoms. The van der Waals surface area contributed by atoms with E-state index < -0.39 is 0 Å². The number of allylic oxidation sites excluding steroid dienone is 6. The molecular formula is C19H24I2. The average Bonchev–Trinajstić information content (AvgIpc) is 2.76. The van der Waals surface area contributed by atoms with Gasteiger partial charge in [-0.25, -0.2) is 0 Å². The zero-order chi connectivity index (χ0) is 14.8. The molecule has 0 N–H and O–H groups in total. The van der Waals surface area contributed by atoms with Gasteiger partial charge in [-0.1, -0.05) is 26.0 Å². The van der Waals surface area contributed by atoms with Gasteiger partial charge in [0, 0.05) is 5.41 Å². The van der Waals surface area contributed by atoms with Gasteiger partial charge < -0.3 is 0 Å². The van der Waals surface area contributed by atoms with Crippen LogP contribution in [0.15, 0.2) is 31.0 Å². The van der Waals surface area contributed by atoms with Crippen LogP contribution in [0.25, 0.3) is 0 Å². The van der Waals surface area contributed by atoms with E-state index in [1.165, 1.54) is 38.5 Å². The maximum absolute atomic E-state index is 2.63. The van der Waals surface area contributed by atoms with Crippen LogP contribution < -0.4 is 0 Å². The highest BCUT2D eigenvalue weighted by atomic mass is 127. The van der Waals surface area contributed by atoms with Gasteiger partial charge in [-0.3, -0.25) is 0 Å². The SMILES string of the molecule is C[C@]12CCC(I)=CC1=CC[C@@H]1[C@@H]2CC[C@]2(C)C(I)=CC[C@@H]12. The summed E-state index contributed by atoms with van der Waals surface area (Å²) >= 11 is 5.17. The molecular weight excluding hydrogens is 482 g/mol. The summed E-state index contributed by atoms with van der Waals surface area (Å²) in [5, 5.41) is 0. The van der Waals surface area contributed by atoms with Gasteiger partial charge in [-0.05, 0) is 126 Å². The molecule has 4 aliphatic rings. The minimum Gasteiger partial charge on any atom is -0.0804 e. The van der Waals surface area contributed by atoms with Crippen molar-refractivity contribution in [1.29, 1.82) is 0 Å². The molecule has 0 saturated heterocycles. The molecule has 0 aromatic rings. The average molecular weight is 506 g/mol. The fourth-order valence-corrected chi connectivity index (χ4v) is 7.34. The molecule has 0 radical (unpaired) electrons. The van der Waals surface area contributed by atoms with E-state index in [-0.39, 0.29) is 0 Å². The fraction of sp³-hybridized carbons (Fsp3) is 0.684. The van der Waals surface area contributed by atoms with Crippen LogP contribution in [-0.4, -0.2) is 0 Å². The maximum atomic E-state index is 2.63. The molecule has 4 rings (SSSR count). The van der Waals surface area contributed by atoms with Crippen LogP contribution in [0, 0.1) is 28.6 Å². The van der Waals surface area contributed by atoms with Gasteiger partial charge in [0.05, 0.1) is 0 Å². The predicted molar refractivity (Wildman–Crippen MR) is 107 cm³/mol. The first-order valence-electron chi connectivity index (χ1n) is 8.38. The molecule has 0 aliphatic heterocycles. The Hall–Kier alpha value is 0.680. The number of halogens is 2. The van der Waals surface area contributed by atoms with E-state index in [4.69, 9.17) is 0 Å². The third-order valence-electron chi connectivity index (χ3n) is 7.21. The van der Waals surface area contributed by atoms with Crippen molar-refractivity contribution in [2.45, 2.75) is 52.4 Å². The standard InChI is InChI=1S/C19H24I2/c1-18-9-7-13(20)11-12(18)3-4-14-15-5-6-17(21)19(15,2)10-8-16(14)18/h3,6,11,14-16H,4-5,7-10H2,1-2H3/t14-,15-,16-,18-,19-/m0/s1. The van der Waals surface area contributed by atoms with E-state index >= 15 is 0 Å². The summed E-state index contributed by atoms with van der Waals surface area (Å²) in [6, 6.07) is 0. The second-order valence-electron chi connectivity index (χ2n) is 8.02. The monoisotopic (exact) mass is 506 g/mol. The lowest BCUT2D eigenvalue weighted by Gasteiger charge is -2.56. The normalized spacial score (nSPS) is 48.6. The Bertz CT molecular complexity index is 570. The van der Waals surface area contributed by atoms with Crippen LogP contribution >= 0.6 is 45.2 Å². The summed E-state index contributed by atoms with van der Waals surface area (Å²) in [6.07, 6.45) is 15.8. The maximum Gasteiger partial charge on any atom is 0.00136 e. The highest BCUT2D eigenvalue weighted by Crippen LogP contribution is 2.65. The van der Waals surface area contributed by atoms with E-state index in [2.05, 4.69) is 77.3 Å². The quantitative estimate of drug-likeness (QED) is 0.317. The highest BCUT2D eigenvalue weighted by molar-refractivity contribution is 14.1. The molecule has 0 spiro atoms. The molecule has 1 saturated carbocycles. The lowest BCUT2D eigenvalue weighted by molar-refractivity contribution is -0.00579. The molecule has 0 unspecified atom stereocenters. The third-order valence-corrected chi connectivity index (χ3v) is 9.73. The molecule has 1 fully saturated rings. The molecule has 4 aliphatic carbocycles. The van der Waals surface area contributed by atoms with Crippen molar-refractivity contribution < 1.29 is 0 Å². The highest BCUT2D eigenvalue weighted by Gasteiger charge is 2.55. The summed E-state index contributed by atoms with van der Waals surface area (Å²) in [5.74, 6) is 2.75. The zero-order valence-electron chi connectivity index (χ0n) is 13.0. The fourth-order valence-electron chi connectivity index (χ4n) is 5.81. The number of rotatable bonds is 0. The second kappa shape index (κ2) is 5.09.